The highest BCUT2D eigenvalue weighted by Gasteiger charge is 2.18. The molecule has 0 unspecified atom stereocenters. The largest absolute Gasteiger partial charge is 0.0874 e. The zero-order chi connectivity index (χ0) is 15.2. The van der Waals surface area contributed by atoms with E-state index in [1.54, 1.807) is 0 Å². The fourth-order valence-electron chi connectivity index (χ4n) is 2.60. The summed E-state index contributed by atoms with van der Waals surface area (Å²) in [5.74, 6) is 1.29. The van der Waals surface area contributed by atoms with Crippen LogP contribution in [0.15, 0.2) is 91.0 Å². The highest BCUT2D eigenvalue weighted by molar-refractivity contribution is 7.74. The van der Waals surface area contributed by atoms with Gasteiger partial charge in [-0.3, -0.25) is 0 Å². The minimum Gasteiger partial charge on any atom is -0.0666 e. The van der Waals surface area contributed by atoms with E-state index in [4.69, 9.17) is 0 Å². The summed E-state index contributed by atoms with van der Waals surface area (Å²) < 4.78 is 0. The molecule has 0 atom stereocenters. The molecule has 0 aliphatic rings. The maximum Gasteiger partial charge on any atom is 0.0874 e. The second-order valence-corrected chi connectivity index (χ2v) is 10.7. The third-order valence-electron chi connectivity index (χ3n) is 3.80. The fourth-order valence-corrected chi connectivity index (χ4v) is 8.81. The molecule has 0 N–H and O–H groups in total. The van der Waals surface area contributed by atoms with Crippen molar-refractivity contribution in [3.05, 3.63) is 91.0 Å². The van der Waals surface area contributed by atoms with Gasteiger partial charge in [0.2, 0.25) is 0 Å². The minimum absolute atomic E-state index is 0.269. The second-order valence-electron chi connectivity index (χ2n) is 5.40. The first-order chi connectivity index (χ1) is 10.8. The van der Waals surface area contributed by atoms with Crippen LogP contribution in [0.1, 0.15) is 0 Å². The van der Waals surface area contributed by atoms with Crippen molar-refractivity contribution in [2.24, 2.45) is 0 Å². The van der Waals surface area contributed by atoms with Gasteiger partial charge in [-0.05, 0) is 24.3 Å². The van der Waals surface area contributed by atoms with Crippen LogP contribution >= 0.6 is 7.92 Å². The molecule has 0 saturated carbocycles. The Morgan fingerprint density at radius 1 is 0.636 bits per heavy atom. The van der Waals surface area contributed by atoms with Crippen LogP contribution in [0.5, 0.6) is 0 Å². The first kappa shape index (κ1) is 15.2. The second kappa shape index (κ2) is 7.53. The Balaban J connectivity index is 1.90. The van der Waals surface area contributed by atoms with Gasteiger partial charge in [0.25, 0.3) is 0 Å². The van der Waals surface area contributed by atoms with Gasteiger partial charge in [-0.2, -0.15) is 0 Å². The number of rotatable bonds is 5. The zero-order valence-electron chi connectivity index (χ0n) is 12.8. The van der Waals surface area contributed by atoms with Crippen LogP contribution in [0.3, 0.4) is 0 Å². The van der Waals surface area contributed by atoms with Crippen molar-refractivity contribution in [3.63, 3.8) is 0 Å². The van der Waals surface area contributed by atoms with Gasteiger partial charge in [-0.25, -0.2) is 0 Å². The van der Waals surface area contributed by atoms with Crippen molar-refractivity contribution in [2.75, 3.05) is 5.79 Å². The monoisotopic (exact) mass is 319 g/mol. The summed E-state index contributed by atoms with van der Waals surface area (Å²) in [6, 6.07) is 33.1. The average molecular weight is 319 g/mol. The first-order valence-electron chi connectivity index (χ1n) is 7.60. The molecular weight excluding hydrogens is 299 g/mol. The molecule has 0 bridgehead atoms. The Kier molecular flexibility index (Phi) is 5.21. The van der Waals surface area contributed by atoms with Crippen LogP contribution < -0.4 is 15.8 Å². The summed E-state index contributed by atoms with van der Waals surface area (Å²) in [6.45, 7) is 2.45. The molecule has 3 aromatic carbocycles. The summed E-state index contributed by atoms with van der Waals surface area (Å²) in [5, 5.41) is 4.51. The molecule has 0 nitrogen and oxygen atoms in total. The van der Waals surface area contributed by atoms with E-state index >= 15 is 0 Å². The number of benzene rings is 3. The van der Waals surface area contributed by atoms with Crippen molar-refractivity contribution >= 4 is 32.5 Å². The zero-order valence-corrected chi connectivity index (χ0v) is 14.7. The summed E-state index contributed by atoms with van der Waals surface area (Å²) in [5.41, 5.74) is 0. The van der Waals surface area contributed by atoms with E-state index < -0.39 is 8.80 Å². The highest BCUT2D eigenvalue weighted by atomic mass is 31.1. The Morgan fingerprint density at radius 2 is 1.05 bits per heavy atom. The molecule has 0 aliphatic heterocycles. The van der Waals surface area contributed by atoms with Gasteiger partial charge in [-0.15, -0.1) is 0 Å². The van der Waals surface area contributed by atoms with E-state index in [0.717, 1.165) is 0 Å². The Morgan fingerprint density at radius 3 is 1.50 bits per heavy atom. The molecule has 0 spiro atoms. The molecular formula is C20H20PSi. The van der Waals surface area contributed by atoms with E-state index in [0.29, 0.717) is 0 Å². The van der Waals surface area contributed by atoms with E-state index in [2.05, 4.69) is 97.5 Å². The predicted molar refractivity (Wildman–Crippen MR) is 102 cm³/mol. The molecule has 2 heteroatoms. The molecule has 109 valence electrons. The van der Waals surface area contributed by atoms with Crippen molar-refractivity contribution in [1.82, 2.24) is 0 Å². The maximum atomic E-state index is 2.45. The summed E-state index contributed by atoms with van der Waals surface area (Å²) >= 11 is 0. The lowest BCUT2D eigenvalue weighted by Gasteiger charge is -2.22. The molecule has 0 heterocycles. The molecule has 0 aromatic heterocycles. The summed E-state index contributed by atoms with van der Waals surface area (Å²) in [6.07, 6.45) is 0. The third kappa shape index (κ3) is 3.74. The summed E-state index contributed by atoms with van der Waals surface area (Å²) in [4.78, 5) is 0. The molecule has 1 radical (unpaired) electrons. The van der Waals surface area contributed by atoms with Gasteiger partial charge in [0.05, 0.1) is 8.80 Å². The molecule has 3 aromatic rings. The van der Waals surface area contributed by atoms with E-state index in [-0.39, 0.29) is 7.92 Å². The standard InChI is InChI=1S/C20H20PSi/c1-22(20-15-9-4-10-16-20)17-21(18-11-5-2-6-12-18)19-13-7-3-8-14-19/h2-16H,17H2,1H3. The van der Waals surface area contributed by atoms with Gasteiger partial charge in [-0.1, -0.05) is 103 Å². The van der Waals surface area contributed by atoms with E-state index in [9.17, 15) is 0 Å². The summed E-state index contributed by atoms with van der Waals surface area (Å²) in [7, 11) is -0.800. The van der Waals surface area contributed by atoms with E-state index in [1.807, 2.05) is 0 Å². The molecule has 0 aliphatic carbocycles. The third-order valence-corrected chi connectivity index (χ3v) is 10.1. The quantitative estimate of drug-likeness (QED) is 0.497. The topological polar surface area (TPSA) is 0 Å². The van der Waals surface area contributed by atoms with Crippen molar-refractivity contribution in [1.29, 1.82) is 0 Å². The van der Waals surface area contributed by atoms with Crippen LogP contribution in [0.4, 0.5) is 0 Å². The normalized spacial score (nSPS) is 11.0. The first-order valence-corrected chi connectivity index (χ1v) is 11.3. The predicted octanol–water partition coefficient (Wildman–Crippen LogP) is 3.69. The number of hydrogen-bond donors (Lipinski definition) is 0. The average Bonchev–Trinajstić information content (AvgIpc) is 2.62. The van der Waals surface area contributed by atoms with Crippen molar-refractivity contribution in [2.45, 2.75) is 6.55 Å². The van der Waals surface area contributed by atoms with Gasteiger partial charge in [0.1, 0.15) is 0 Å². The van der Waals surface area contributed by atoms with E-state index in [1.165, 1.54) is 21.6 Å². The highest BCUT2D eigenvalue weighted by Crippen LogP contribution is 2.33. The fraction of sp³-hybridized carbons (Fsp3) is 0.100. The van der Waals surface area contributed by atoms with Crippen LogP contribution in [-0.4, -0.2) is 14.6 Å². The maximum absolute atomic E-state index is 2.45. The van der Waals surface area contributed by atoms with Gasteiger partial charge in [0.15, 0.2) is 0 Å². The van der Waals surface area contributed by atoms with Crippen molar-refractivity contribution in [3.8, 4) is 0 Å². The van der Waals surface area contributed by atoms with Gasteiger partial charge < -0.3 is 0 Å². The molecule has 0 fully saturated rings. The minimum atomic E-state index is -0.531. The lowest BCUT2D eigenvalue weighted by atomic mass is 10.4. The Labute approximate surface area is 136 Å². The lowest BCUT2D eigenvalue weighted by Crippen LogP contribution is -2.33. The van der Waals surface area contributed by atoms with Gasteiger partial charge in [0, 0.05) is 0 Å². The SMILES string of the molecule is C[Si](CP(c1ccccc1)c1ccccc1)c1ccccc1. The van der Waals surface area contributed by atoms with Crippen LogP contribution in [-0.2, 0) is 0 Å². The smallest absolute Gasteiger partial charge is 0.0666 e. The molecule has 0 saturated heterocycles. The van der Waals surface area contributed by atoms with Crippen LogP contribution in [0.25, 0.3) is 0 Å². The Bertz CT molecular complexity index is 643. The van der Waals surface area contributed by atoms with Crippen LogP contribution in [0, 0.1) is 0 Å². The Hall–Kier alpha value is -1.69. The molecule has 0 amide bonds. The van der Waals surface area contributed by atoms with Crippen molar-refractivity contribution < 1.29 is 0 Å². The van der Waals surface area contributed by atoms with Gasteiger partial charge >= 0.3 is 0 Å². The number of hydrogen-bond acceptors (Lipinski definition) is 0. The molecule has 3 rings (SSSR count). The van der Waals surface area contributed by atoms with Crippen LogP contribution in [0.2, 0.25) is 6.55 Å². The lowest BCUT2D eigenvalue weighted by molar-refractivity contribution is 1.71. The molecule has 22 heavy (non-hydrogen) atoms.